The van der Waals surface area contributed by atoms with E-state index in [-0.39, 0.29) is 11.6 Å². The van der Waals surface area contributed by atoms with Crippen LogP contribution in [0, 0.1) is 6.92 Å². The molecule has 2 aromatic heterocycles. The van der Waals surface area contributed by atoms with Crippen molar-refractivity contribution in [3.63, 3.8) is 0 Å². The van der Waals surface area contributed by atoms with Gasteiger partial charge in [0, 0.05) is 22.8 Å². The molecule has 0 unspecified atom stereocenters. The summed E-state index contributed by atoms with van der Waals surface area (Å²) in [6.45, 7) is 7.64. The van der Waals surface area contributed by atoms with Crippen LogP contribution in [-0.2, 0) is 4.79 Å². The quantitative estimate of drug-likeness (QED) is 0.696. The number of hydrogen-bond donors (Lipinski definition) is 1. The van der Waals surface area contributed by atoms with E-state index in [1.807, 2.05) is 52.0 Å². The lowest BCUT2D eigenvalue weighted by atomic mass is 10.0. The number of amides is 2. The van der Waals surface area contributed by atoms with E-state index in [0.29, 0.717) is 11.4 Å². The summed E-state index contributed by atoms with van der Waals surface area (Å²) in [6.07, 6.45) is 1.61. The lowest BCUT2D eigenvalue weighted by molar-refractivity contribution is -0.124. The van der Waals surface area contributed by atoms with Gasteiger partial charge in [0.2, 0.25) is 5.91 Å². The monoisotopic (exact) mass is 409 g/mol. The first-order valence-electron chi connectivity index (χ1n) is 9.16. The number of aromatic nitrogens is 3. The Labute approximate surface area is 174 Å². The van der Waals surface area contributed by atoms with E-state index in [2.05, 4.69) is 19.9 Å². The van der Waals surface area contributed by atoms with Crippen LogP contribution in [0.4, 0.5) is 5.69 Å². The van der Waals surface area contributed by atoms with Crippen LogP contribution in [0.1, 0.15) is 48.6 Å². The van der Waals surface area contributed by atoms with Crippen LogP contribution < -0.4 is 10.2 Å². The van der Waals surface area contributed by atoms with E-state index < -0.39 is 17.5 Å². The molecule has 0 fully saturated rings. The summed E-state index contributed by atoms with van der Waals surface area (Å²) in [7, 11) is 0. The molecule has 7 nitrogen and oxygen atoms in total. The number of pyridine rings is 1. The number of rotatable bonds is 5. The molecule has 1 N–H and O–H groups in total. The Morgan fingerprint density at radius 1 is 1.10 bits per heavy atom. The minimum atomic E-state index is -0.965. The standard InChI is InChI=1S/C21H23N5O2S/c1-14-8-10-15(11-9-14)26(20(28)17-13-29-25-24-17)18(16-7-5-6-12-22-16)19(27)23-21(2,3)4/h5-13,18H,1-4H3,(H,23,27)/t18-/m1/s1. The summed E-state index contributed by atoms with van der Waals surface area (Å²) in [5, 5.41) is 8.46. The summed E-state index contributed by atoms with van der Waals surface area (Å²) in [4.78, 5) is 32.5. The molecule has 0 aliphatic heterocycles. The summed E-state index contributed by atoms with van der Waals surface area (Å²) in [5.74, 6) is -0.740. The number of nitrogens with one attached hydrogen (secondary N) is 1. The highest BCUT2D eigenvalue weighted by atomic mass is 32.1. The molecule has 0 saturated carbocycles. The Bertz CT molecular complexity index is 967. The number of hydrogen-bond acceptors (Lipinski definition) is 6. The van der Waals surface area contributed by atoms with Gasteiger partial charge in [0.05, 0.1) is 5.69 Å². The van der Waals surface area contributed by atoms with Crippen molar-refractivity contribution in [2.75, 3.05) is 4.90 Å². The van der Waals surface area contributed by atoms with Crippen LogP contribution in [0.5, 0.6) is 0 Å². The number of benzene rings is 1. The second-order valence-electron chi connectivity index (χ2n) is 7.70. The van der Waals surface area contributed by atoms with Gasteiger partial charge in [-0.25, -0.2) is 0 Å². The van der Waals surface area contributed by atoms with Gasteiger partial charge in [-0.3, -0.25) is 19.5 Å². The van der Waals surface area contributed by atoms with E-state index in [9.17, 15) is 9.59 Å². The molecular weight excluding hydrogens is 386 g/mol. The van der Waals surface area contributed by atoms with Gasteiger partial charge >= 0.3 is 0 Å². The molecule has 3 aromatic rings. The zero-order valence-electron chi connectivity index (χ0n) is 16.8. The van der Waals surface area contributed by atoms with Crippen LogP contribution >= 0.6 is 11.5 Å². The normalized spacial score (nSPS) is 12.3. The van der Waals surface area contributed by atoms with E-state index in [4.69, 9.17) is 0 Å². The summed E-state index contributed by atoms with van der Waals surface area (Å²) >= 11 is 1.08. The van der Waals surface area contributed by atoms with Gasteiger partial charge < -0.3 is 5.32 Å². The van der Waals surface area contributed by atoms with Crippen molar-refractivity contribution in [2.24, 2.45) is 0 Å². The Balaban J connectivity index is 2.15. The van der Waals surface area contributed by atoms with Gasteiger partial charge in [-0.05, 0) is 63.5 Å². The SMILES string of the molecule is Cc1ccc(N(C(=O)c2csnn2)[C@@H](C(=O)NC(C)(C)C)c2ccccn2)cc1. The largest absolute Gasteiger partial charge is 0.349 e. The highest BCUT2D eigenvalue weighted by Gasteiger charge is 2.36. The van der Waals surface area contributed by atoms with Crippen molar-refractivity contribution in [1.82, 2.24) is 19.9 Å². The van der Waals surface area contributed by atoms with Crippen LogP contribution in [-0.4, -0.2) is 31.9 Å². The van der Waals surface area contributed by atoms with E-state index >= 15 is 0 Å². The molecule has 0 saturated heterocycles. The molecule has 8 heteroatoms. The van der Waals surface area contributed by atoms with E-state index in [0.717, 1.165) is 17.1 Å². The topological polar surface area (TPSA) is 88.1 Å². The van der Waals surface area contributed by atoms with Crippen molar-refractivity contribution in [1.29, 1.82) is 0 Å². The van der Waals surface area contributed by atoms with Crippen molar-refractivity contribution in [2.45, 2.75) is 39.3 Å². The van der Waals surface area contributed by atoms with E-state index in [1.54, 1.807) is 29.8 Å². The third kappa shape index (κ3) is 5.03. The summed E-state index contributed by atoms with van der Waals surface area (Å²) in [5.41, 5.74) is 1.79. The zero-order chi connectivity index (χ0) is 21.0. The molecule has 0 aliphatic carbocycles. The fourth-order valence-corrected chi connectivity index (χ4v) is 3.26. The van der Waals surface area contributed by atoms with Gasteiger partial charge in [-0.1, -0.05) is 28.3 Å². The van der Waals surface area contributed by atoms with Gasteiger partial charge in [0.25, 0.3) is 5.91 Å². The second kappa shape index (κ2) is 8.48. The highest BCUT2D eigenvalue weighted by Crippen LogP contribution is 2.29. The lowest BCUT2D eigenvalue weighted by Gasteiger charge is -2.32. The predicted octanol–water partition coefficient (Wildman–Crippen LogP) is 3.54. The zero-order valence-corrected chi connectivity index (χ0v) is 17.6. The lowest BCUT2D eigenvalue weighted by Crippen LogP contribution is -2.49. The number of aryl methyl sites for hydroxylation is 1. The first-order valence-corrected chi connectivity index (χ1v) is 10.00. The van der Waals surface area contributed by atoms with Crippen molar-refractivity contribution < 1.29 is 9.59 Å². The molecule has 2 amide bonds. The molecular formula is C21H23N5O2S. The Morgan fingerprint density at radius 2 is 1.83 bits per heavy atom. The van der Waals surface area contributed by atoms with Crippen molar-refractivity contribution >= 4 is 29.0 Å². The van der Waals surface area contributed by atoms with Crippen LogP contribution in [0.3, 0.4) is 0 Å². The molecule has 0 bridgehead atoms. The fraction of sp³-hybridized carbons (Fsp3) is 0.286. The molecule has 3 rings (SSSR count). The maximum absolute atomic E-state index is 13.4. The summed E-state index contributed by atoms with van der Waals surface area (Å²) in [6, 6.07) is 11.7. The molecule has 1 aromatic carbocycles. The molecule has 150 valence electrons. The number of nitrogens with zero attached hydrogens (tertiary/aromatic N) is 4. The predicted molar refractivity (Wildman–Crippen MR) is 113 cm³/mol. The Morgan fingerprint density at radius 3 is 2.38 bits per heavy atom. The maximum atomic E-state index is 13.4. The first-order chi connectivity index (χ1) is 13.8. The van der Waals surface area contributed by atoms with Crippen LogP contribution in [0.15, 0.2) is 54.0 Å². The number of anilines is 1. The average molecular weight is 410 g/mol. The van der Waals surface area contributed by atoms with Gasteiger partial charge in [0.15, 0.2) is 11.7 Å². The van der Waals surface area contributed by atoms with Crippen molar-refractivity contribution in [3.8, 4) is 0 Å². The second-order valence-corrected chi connectivity index (χ2v) is 8.31. The Kier molecular flexibility index (Phi) is 6.03. The Hall–Kier alpha value is -3.13. The molecule has 1 atom stereocenters. The van der Waals surface area contributed by atoms with Crippen LogP contribution in [0.25, 0.3) is 0 Å². The molecule has 0 radical (unpaired) electrons. The minimum absolute atomic E-state index is 0.181. The van der Waals surface area contributed by atoms with Gasteiger partial charge in [-0.2, -0.15) is 0 Å². The maximum Gasteiger partial charge on any atom is 0.280 e. The summed E-state index contributed by atoms with van der Waals surface area (Å²) < 4.78 is 3.80. The van der Waals surface area contributed by atoms with Crippen LogP contribution in [0.2, 0.25) is 0 Å². The van der Waals surface area contributed by atoms with E-state index in [1.165, 1.54) is 4.90 Å². The molecule has 2 heterocycles. The van der Waals surface area contributed by atoms with Crippen molar-refractivity contribution in [3.05, 3.63) is 71.0 Å². The average Bonchev–Trinajstić information content (AvgIpc) is 3.20. The smallest absolute Gasteiger partial charge is 0.280 e. The molecule has 0 aliphatic rings. The van der Waals surface area contributed by atoms with Gasteiger partial charge in [-0.15, -0.1) is 5.10 Å². The minimum Gasteiger partial charge on any atom is -0.349 e. The molecule has 29 heavy (non-hydrogen) atoms. The third-order valence-electron chi connectivity index (χ3n) is 4.08. The third-order valence-corrected chi connectivity index (χ3v) is 4.59. The van der Waals surface area contributed by atoms with Gasteiger partial charge in [0.1, 0.15) is 0 Å². The fourth-order valence-electron chi connectivity index (χ4n) is 2.83. The number of carbonyl (C=O) groups excluding carboxylic acids is 2. The number of carbonyl (C=O) groups is 2. The molecule has 0 spiro atoms. The highest BCUT2D eigenvalue weighted by molar-refractivity contribution is 7.03. The first kappa shape index (κ1) is 20.6.